The van der Waals surface area contributed by atoms with E-state index in [1.807, 2.05) is 0 Å². The lowest BCUT2D eigenvalue weighted by atomic mass is 9.99. The maximum Gasteiger partial charge on any atom is 0.418 e. The molecule has 18 heavy (non-hydrogen) atoms. The molecule has 0 fully saturated rings. The summed E-state index contributed by atoms with van der Waals surface area (Å²) < 4.78 is 75.2. The van der Waals surface area contributed by atoms with Gasteiger partial charge in [-0.3, -0.25) is 4.79 Å². The number of nitrogens with two attached hydrogens (primary N) is 1. The summed E-state index contributed by atoms with van der Waals surface area (Å²) in [6.07, 6.45) is -10.6. The van der Waals surface area contributed by atoms with E-state index in [2.05, 4.69) is 5.73 Å². The molecule has 0 unspecified atom stereocenters. The van der Waals surface area contributed by atoms with E-state index in [1.165, 1.54) is 0 Å². The summed E-state index contributed by atoms with van der Waals surface area (Å²) in [6, 6.07) is 1.39. The lowest BCUT2D eigenvalue weighted by Gasteiger charge is -2.19. The van der Waals surface area contributed by atoms with Gasteiger partial charge in [-0.05, 0) is 34.7 Å². The van der Waals surface area contributed by atoms with Gasteiger partial charge in [0.2, 0.25) is 5.91 Å². The number of halogens is 7. The van der Waals surface area contributed by atoms with Crippen molar-refractivity contribution in [1.82, 2.24) is 0 Å². The standard InChI is InChI=1S/C9H4F6INO/c10-8(11,12)5-3(7(17)18)1-2-4(16)6(5)9(13,14)15/h1-2H,(H2,17,18). The second-order valence-corrected chi connectivity index (χ2v) is 4.37. The Kier molecular flexibility index (Phi) is 3.84. The Labute approximate surface area is 110 Å². The van der Waals surface area contributed by atoms with E-state index in [-0.39, 0.29) is 0 Å². The lowest BCUT2D eigenvalue weighted by Crippen LogP contribution is -2.25. The number of carbonyl (C=O) groups excluding carboxylic acids is 1. The minimum absolute atomic E-state index is 0.627. The van der Waals surface area contributed by atoms with E-state index in [0.29, 0.717) is 6.07 Å². The highest BCUT2D eigenvalue weighted by molar-refractivity contribution is 14.1. The van der Waals surface area contributed by atoms with Crippen LogP contribution in [0.1, 0.15) is 21.5 Å². The number of carbonyl (C=O) groups is 1. The molecule has 1 aromatic rings. The molecule has 9 heteroatoms. The minimum atomic E-state index is -5.32. The van der Waals surface area contributed by atoms with Gasteiger partial charge in [0.05, 0.1) is 16.7 Å². The van der Waals surface area contributed by atoms with Crippen molar-refractivity contribution in [3.05, 3.63) is 32.4 Å². The molecule has 0 radical (unpaired) electrons. The molecule has 0 aromatic heterocycles. The van der Waals surface area contributed by atoms with Crippen LogP contribution in [0, 0.1) is 3.57 Å². The van der Waals surface area contributed by atoms with E-state index < -0.39 is 38.5 Å². The molecule has 100 valence electrons. The van der Waals surface area contributed by atoms with Crippen LogP contribution in [0.25, 0.3) is 0 Å². The first-order chi connectivity index (χ1) is 7.96. The number of benzene rings is 1. The van der Waals surface area contributed by atoms with Crippen LogP contribution in [0.4, 0.5) is 26.3 Å². The SMILES string of the molecule is NC(=O)c1ccc(I)c(C(F)(F)F)c1C(F)(F)F. The maximum atomic E-state index is 12.7. The number of rotatable bonds is 1. The Balaban J connectivity index is 3.79. The third kappa shape index (κ3) is 2.87. The van der Waals surface area contributed by atoms with Crippen LogP contribution in [0.3, 0.4) is 0 Å². The summed E-state index contributed by atoms with van der Waals surface area (Å²) in [5, 5.41) is 0. The van der Waals surface area contributed by atoms with Crippen molar-refractivity contribution in [2.75, 3.05) is 0 Å². The molecule has 2 nitrogen and oxygen atoms in total. The fourth-order valence-corrected chi connectivity index (χ4v) is 2.11. The third-order valence-electron chi connectivity index (χ3n) is 1.99. The summed E-state index contributed by atoms with van der Waals surface area (Å²) in [4.78, 5) is 10.8. The zero-order valence-corrected chi connectivity index (χ0v) is 10.4. The van der Waals surface area contributed by atoms with Gasteiger partial charge >= 0.3 is 12.4 Å². The average Bonchev–Trinajstić information content (AvgIpc) is 2.13. The van der Waals surface area contributed by atoms with Crippen LogP contribution in [0.15, 0.2) is 12.1 Å². The molecule has 0 atom stereocenters. The Morgan fingerprint density at radius 1 is 1.00 bits per heavy atom. The van der Waals surface area contributed by atoms with Gasteiger partial charge in [-0.25, -0.2) is 0 Å². The molecular formula is C9H4F6INO. The molecule has 0 bridgehead atoms. The Morgan fingerprint density at radius 3 is 1.78 bits per heavy atom. The Morgan fingerprint density at radius 2 is 1.44 bits per heavy atom. The van der Waals surface area contributed by atoms with Gasteiger partial charge in [0.25, 0.3) is 0 Å². The van der Waals surface area contributed by atoms with Crippen LogP contribution in [-0.2, 0) is 12.4 Å². The minimum Gasteiger partial charge on any atom is -0.366 e. The average molecular weight is 383 g/mol. The number of amides is 1. The monoisotopic (exact) mass is 383 g/mol. The van der Waals surface area contributed by atoms with E-state index in [0.717, 1.165) is 28.7 Å². The van der Waals surface area contributed by atoms with Gasteiger partial charge in [0, 0.05) is 3.57 Å². The molecule has 1 rings (SSSR count). The fourth-order valence-electron chi connectivity index (χ4n) is 1.35. The van der Waals surface area contributed by atoms with Crippen LogP contribution >= 0.6 is 22.6 Å². The quantitative estimate of drug-likeness (QED) is 0.586. The predicted molar refractivity (Wildman–Crippen MR) is 57.7 cm³/mol. The first kappa shape index (κ1) is 15.1. The van der Waals surface area contributed by atoms with Gasteiger partial charge in [-0.2, -0.15) is 26.3 Å². The smallest absolute Gasteiger partial charge is 0.366 e. The first-order valence-electron chi connectivity index (χ1n) is 4.23. The van der Waals surface area contributed by atoms with Gasteiger partial charge in [0.15, 0.2) is 0 Å². The molecule has 1 amide bonds. The highest BCUT2D eigenvalue weighted by atomic mass is 127. The van der Waals surface area contributed by atoms with E-state index in [4.69, 9.17) is 0 Å². The number of hydrogen-bond donors (Lipinski definition) is 1. The summed E-state index contributed by atoms with van der Waals surface area (Å²) in [5.41, 5.74) is -0.477. The Bertz CT molecular complexity index is 493. The van der Waals surface area contributed by atoms with Crippen molar-refractivity contribution < 1.29 is 31.1 Å². The van der Waals surface area contributed by atoms with Crippen molar-refractivity contribution in [3.63, 3.8) is 0 Å². The number of primary amides is 1. The highest BCUT2D eigenvalue weighted by Gasteiger charge is 2.47. The molecule has 2 N–H and O–H groups in total. The molecule has 0 aliphatic heterocycles. The van der Waals surface area contributed by atoms with Crippen LogP contribution < -0.4 is 5.73 Å². The molecule has 0 aliphatic carbocycles. The molecule has 0 heterocycles. The first-order valence-corrected chi connectivity index (χ1v) is 5.31. The van der Waals surface area contributed by atoms with Gasteiger partial charge in [-0.1, -0.05) is 0 Å². The molecule has 0 spiro atoms. The van der Waals surface area contributed by atoms with Crippen molar-refractivity contribution in [2.45, 2.75) is 12.4 Å². The summed E-state index contributed by atoms with van der Waals surface area (Å²) in [6.45, 7) is 0. The summed E-state index contributed by atoms with van der Waals surface area (Å²) >= 11 is 1.12. The zero-order chi connectivity index (χ0) is 14.3. The van der Waals surface area contributed by atoms with Crippen molar-refractivity contribution in [2.24, 2.45) is 5.73 Å². The van der Waals surface area contributed by atoms with E-state index >= 15 is 0 Å². The van der Waals surface area contributed by atoms with Gasteiger partial charge in [-0.15, -0.1) is 0 Å². The molecule has 0 saturated carbocycles. The third-order valence-corrected chi connectivity index (χ3v) is 2.89. The second-order valence-electron chi connectivity index (χ2n) is 3.20. The molecule has 0 saturated heterocycles. The number of hydrogen-bond acceptors (Lipinski definition) is 1. The van der Waals surface area contributed by atoms with Crippen LogP contribution in [0.2, 0.25) is 0 Å². The summed E-state index contributed by atoms with van der Waals surface area (Å²) in [5.74, 6) is -1.57. The summed E-state index contributed by atoms with van der Waals surface area (Å²) in [7, 11) is 0. The number of alkyl halides is 6. The van der Waals surface area contributed by atoms with Gasteiger partial charge in [0.1, 0.15) is 0 Å². The van der Waals surface area contributed by atoms with E-state index in [9.17, 15) is 31.1 Å². The van der Waals surface area contributed by atoms with Crippen LogP contribution in [-0.4, -0.2) is 5.91 Å². The van der Waals surface area contributed by atoms with Gasteiger partial charge < -0.3 is 5.73 Å². The predicted octanol–water partition coefficient (Wildman–Crippen LogP) is 3.43. The van der Waals surface area contributed by atoms with Crippen molar-refractivity contribution in [3.8, 4) is 0 Å². The Hall–Kier alpha value is -1.00. The highest BCUT2D eigenvalue weighted by Crippen LogP contribution is 2.44. The lowest BCUT2D eigenvalue weighted by molar-refractivity contribution is -0.162. The molecule has 0 aliphatic rings. The van der Waals surface area contributed by atoms with E-state index in [1.54, 1.807) is 0 Å². The fraction of sp³-hybridized carbons (Fsp3) is 0.222. The zero-order valence-electron chi connectivity index (χ0n) is 8.29. The molecule has 1 aromatic carbocycles. The topological polar surface area (TPSA) is 43.1 Å². The maximum absolute atomic E-state index is 12.7. The second kappa shape index (κ2) is 4.59. The van der Waals surface area contributed by atoms with Crippen LogP contribution in [0.5, 0.6) is 0 Å². The normalized spacial score (nSPS) is 12.6. The molecular weight excluding hydrogens is 379 g/mol. The van der Waals surface area contributed by atoms with Crippen molar-refractivity contribution in [1.29, 1.82) is 0 Å². The largest absolute Gasteiger partial charge is 0.418 e. The van der Waals surface area contributed by atoms with Crippen molar-refractivity contribution >= 4 is 28.5 Å².